The average Bonchev–Trinajstić information content (AvgIpc) is 2.87. The van der Waals surface area contributed by atoms with Gasteiger partial charge in [-0.05, 0) is 43.0 Å². The number of hydrogen-bond donors (Lipinski definition) is 0. The summed E-state index contributed by atoms with van der Waals surface area (Å²) in [7, 11) is 0. The molecule has 1 saturated carbocycles. The molecule has 1 aliphatic carbocycles. The summed E-state index contributed by atoms with van der Waals surface area (Å²) in [4.78, 5) is 0. The fraction of sp³-hybridized carbons (Fsp3) is 0.455. The first kappa shape index (κ1) is 8.89. The Morgan fingerprint density at radius 1 is 1.38 bits per heavy atom. The van der Waals surface area contributed by atoms with Crippen molar-refractivity contribution in [1.82, 2.24) is 0 Å². The van der Waals surface area contributed by atoms with Crippen molar-refractivity contribution in [3.63, 3.8) is 0 Å². The molecule has 2 rings (SSSR count). The second-order valence-corrected chi connectivity index (χ2v) is 3.87. The highest BCUT2D eigenvalue weighted by Gasteiger charge is 2.23. The van der Waals surface area contributed by atoms with Crippen LogP contribution in [-0.2, 0) is 5.88 Å². The lowest BCUT2D eigenvalue weighted by Gasteiger charge is -2.07. The highest BCUT2D eigenvalue weighted by atomic mass is 35.5. The van der Waals surface area contributed by atoms with E-state index in [1.807, 2.05) is 6.07 Å². The predicted molar refractivity (Wildman–Crippen MR) is 54.4 cm³/mol. The van der Waals surface area contributed by atoms with Gasteiger partial charge >= 0.3 is 0 Å². The molecule has 0 radical (unpaired) electrons. The molecule has 0 spiro atoms. The van der Waals surface area contributed by atoms with Crippen molar-refractivity contribution in [1.29, 1.82) is 0 Å². The molecule has 0 aromatic heterocycles. The van der Waals surface area contributed by atoms with Crippen molar-refractivity contribution >= 4 is 11.6 Å². The molecule has 0 N–H and O–H groups in total. The molecule has 0 bridgehead atoms. The van der Waals surface area contributed by atoms with Gasteiger partial charge in [0.15, 0.2) is 0 Å². The molecule has 0 aliphatic heterocycles. The van der Waals surface area contributed by atoms with Crippen LogP contribution in [0.5, 0.6) is 5.75 Å². The molecule has 0 amide bonds. The summed E-state index contributed by atoms with van der Waals surface area (Å²) in [6, 6.07) is 6.18. The molecular weight excluding hydrogens is 184 g/mol. The summed E-state index contributed by atoms with van der Waals surface area (Å²) >= 11 is 5.77. The summed E-state index contributed by atoms with van der Waals surface area (Å²) in [6.45, 7) is 2.07. The topological polar surface area (TPSA) is 9.23 Å². The van der Waals surface area contributed by atoms with Gasteiger partial charge in [-0.2, -0.15) is 0 Å². The van der Waals surface area contributed by atoms with Gasteiger partial charge in [0, 0.05) is 5.88 Å². The number of rotatable bonds is 3. The van der Waals surface area contributed by atoms with Crippen LogP contribution in [0.1, 0.15) is 24.0 Å². The van der Waals surface area contributed by atoms with E-state index in [-0.39, 0.29) is 0 Å². The number of benzene rings is 1. The van der Waals surface area contributed by atoms with Gasteiger partial charge in [-0.3, -0.25) is 0 Å². The van der Waals surface area contributed by atoms with Crippen LogP contribution in [-0.4, -0.2) is 6.10 Å². The monoisotopic (exact) mass is 196 g/mol. The smallest absolute Gasteiger partial charge is 0.120 e. The molecular formula is C11H13ClO. The minimum Gasteiger partial charge on any atom is -0.490 e. The van der Waals surface area contributed by atoms with Crippen molar-refractivity contribution in [2.24, 2.45) is 0 Å². The summed E-state index contributed by atoms with van der Waals surface area (Å²) in [5, 5.41) is 0. The predicted octanol–water partition coefficient (Wildman–Crippen LogP) is 3.28. The molecule has 13 heavy (non-hydrogen) atoms. The summed E-state index contributed by atoms with van der Waals surface area (Å²) in [5.74, 6) is 1.53. The van der Waals surface area contributed by atoms with Crippen molar-refractivity contribution in [2.45, 2.75) is 31.7 Å². The van der Waals surface area contributed by atoms with Crippen LogP contribution in [0.4, 0.5) is 0 Å². The van der Waals surface area contributed by atoms with Crippen LogP contribution in [0, 0.1) is 6.92 Å². The summed E-state index contributed by atoms with van der Waals surface area (Å²) in [6.07, 6.45) is 2.86. The maximum absolute atomic E-state index is 5.77. The number of alkyl halides is 1. The Bertz CT molecular complexity index is 305. The van der Waals surface area contributed by atoms with Gasteiger partial charge in [-0.25, -0.2) is 0 Å². The Morgan fingerprint density at radius 3 is 2.77 bits per heavy atom. The first-order chi connectivity index (χ1) is 6.28. The van der Waals surface area contributed by atoms with Crippen molar-refractivity contribution in [3.8, 4) is 5.75 Å². The zero-order chi connectivity index (χ0) is 9.26. The van der Waals surface area contributed by atoms with E-state index in [0.29, 0.717) is 12.0 Å². The van der Waals surface area contributed by atoms with Crippen LogP contribution in [0.2, 0.25) is 0 Å². The Hall–Kier alpha value is -0.690. The Kier molecular flexibility index (Phi) is 2.45. The lowest BCUT2D eigenvalue weighted by Crippen LogP contribution is -1.96. The second kappa shape index (κ2) is 3.59. The Balaban J connectivity index is 2.17. The van der Waals surface area contributed by atoms with Crippen LogP contribution in [0.15, 0.2) is 18.2 Å². The highest BCUT2D eigenvalue weighted by molar-refractivity contribution is 6.17. The van der Waals surface area contributed by atoms with Crippen molar-refractivity contribution in [2.75, 3.05) is 0 Å². The van der Waals surface area contributed by atoms with Crippen LogP contribution in [0.3, 0.4) is 0 Å². The zero-order valence-corrected chi connectivity index (χ0v) is 8.47. The van der Waals surface area contributed by atoms with E-state index in [1.165, 1.54) is 18.4 Å². The lowest BCUT2D eigenvalue weighted by atomic mass is 10.1. The van der Waals surface area contributed by atoms with E-state index in [9.17, 15) is 0 Å². The summed E-state index contributed by atoms with van der Waals surface area (Å²) in [5.41, 5.74) is 2.35. The van der Waals surface area contributed by atoms with Crippen LogP contribution >= 0.6 is 11.6 Å². The third kappa shape index (κ3) is 2.38. The molecule has 0 saturated heterocycles. The molecule has 0 heterocycles. The molecule has 70 valence electrons. The van der Waals surface area contributed by atoms with Gasteiger partial charge in [0.1, 0.15) is 5.75 Å². The second-order valence-electron chi connectivity index (χ2n) is 3.61. The van der Waals surface area contributed by atoms with Gasteiger partial charge in [-0.1, -0.05) is 6.07 Å². The van der Waals surface area contributed by atoms with Gasteiger partial charge in [0.2, 0.25) is 0 Å². The molecule has 0 unspecified atom stereocenters. The molecule has 0 atom stereocenters. The third-order valence-electron chi connectivity index (χ3n) is 2.09. The van der Waals surface area contributed by atoms with Crippen molar-refractivity contribution < 1.29 is 4.74 Å². The van der Waals surface area contributed by atoms with E-state index in [1.54, 1.807) is 0 Å². The maximum Gasteiger partial charge on any atom is 0.120 e. The summed E-state index contributed by atoms with van der Waals surface area (Å²) < 4.78 is 5.69. The quantitative estimate of drug-likeness (QED) is 0.675. The lowest BCUT2D eigenvalue weighted by molar-refractivity contribution is 0.303. The van der Waals surface area contributed by atoms with Gasteiger partial charge in [-0.15, -0.1) is 11.6 Å². The number of hydrogen-bond acceptors (Lipinski definition) is 1. The normalized spacial score (nSPS) is 15.8. The van der Waals surface area contributed by atoms with Crippen molar-refractivity contribution in [3.05, 3.63) is 29.3 Å². The molecule has 1 aliphatic rings. The van der Waals surface area contributed by atoms with Gasteiger partial charge in [0.05, 0.1) is 6.10 Å². The number of halogens is 1. The highest BCUT2D eigenvalue weighted by Crippen LogP contribution is 2.28. The fourth-order valence-corrected chi connectivity index (χ4v) is 1.50. The van der Waals surface area contributed by atoms with Gasteiger partial charge < -0.3 is 4.74 Å². The standard InChI is InChI=1S/C11H13ClO/c1-8-4-9(7-12)6-11(5-8)13-10-2-3-10/h4-6,10H,2-3,7H2,1H3. The van der Waals surface area contributed by atoms with Crippen LogP contribution in [0.25, 0.3) is 0 Å². The van der Waals surface area contributed by atoms with E-state index < -0.39 is 0 Å². The first-order valence-electron chi connectivity index (χ1n) is 4.61. The minimum atomic E-state index is 0.463. The first-order valence-corrected chi connectivity index (χ1v) is 5.14. The molecule has 1 nitrogen and oxygen atoms in total. The number of aryl methyl sites for hydroxylation is 1. The van der Waals surface area contributed by atoms with E-state index in [0.717, 1.165) is 11.3 Å². The zero-order valence-electron chi connectivity index (χ0n) is 7.72. The van der Waals surface area contributed by atoms with Gasteiger partial charge in [0.25, 0.3) is 0 Å². The van der Waals surface area contributed by atoms with Crippen LogP contribution < -0.4 is 4.74 Å². The molecule has 1 aromatic carbocycles. The minimum absolute atomic E-state index is 0.463. The van der Waals surface area contributed by atoms with E-state index in [2.05, 4.69) is 19.1 Å². The van der Waals surface area contributed by atoms with E-state index >= 15 is 0 Å². The number of ether oxygens (including phenoxy) is 1. The molecule has 2 heteroatoms. The Morgan fingerprint density at radius 2 is 2.15 bits per heavy atom. The molecule has 1 fully saturated rings. The maximum atomic E-state index is 5.77. The molecule has 1 aromatic rings. The SMILES string of the molecule is Cc1cc(CCl)cc(OC2CC2)c1. The average molecular weight is 197 g/mol. The fourth-order valence-electron chi connectivity index (χ4n) is 1.35. The Labute approximate surface area is 83.7 Å². The van der Waals surface area contributed by atoms with E-state index in [4.69, 9.17) is 16.3 Å². The third-order valence-corrected chi connectivity index (χ3v) is 2.40. The largest absolute Gasteiger partial charge is 0.490 e.